The van der Waals surface area contributed by atoms with Crippen molar-refractivity contribution in [2.24, 2.45) is 0 Å². The van der Waals surface area contributed by atoms with Gasteiger partial charge in [0.25, 0.3) is 11.8 Å². The van der Waals surface area contributed by atoms with Gasteiger partial charge in [-0.1, -0.05) is 71.7 Å². The van der Waals surface area contributed by atoms with Crippen LogP contribution in [0.25, 0.3) is 16.8 Å². The monoisotopic (exact) mass is 534 g/mol. The molecule has 1 N–H and O–H groups in total. The second kappa shape index (κ2) is 10.0. The van der Waals surface area contributed by atoms with Gasteiger partial charge in [-0.15, -0.1) is 0 Å². The molecule has 0 bridgehead atoms. The topological polar surface area (TPSA) is 75.7 Å². The van der Waals surface area contributed by atoms with Gasteiger partial charge in [0.15, 0.2) is 0 Å². The van der Waals surface area contributed by atoms with Crippen molar-refractivity contribution in [2.45, 2.75) is 6.61 Å². The fourth-order valence-electron chi connectivity index (χ4n) is 3.99. The maximum atomic E-state index is 14.4. The maximum absolute atomic E-state index is 14.4. The third-order valence-electron chi connectivity index (χ3n) is 5.79. The first-order valence-corrected chi connectivity index (χ1v) is 11.8. The first-order valence-electron chi connectivity index (χ1n) is 11.1. The van der Waals surface area contributed by atoms with E-state index in [2.05, 4.69) is 5.32 Å². The summed E-state index contributed by atoms with van der Waals surface area (Å²) < 4.78 is 20.5. The predicted molar refractivity (Wildman–Crippen MR) is 140 cm³/mol. The van der Waals surface area contributed by atoms with Crippen molar-refractivity contribution in [3.05, 3.63) is 111 Å². The van der Waals surface area contributed by atoms with Crippen LogP contribution in [-0.4, -0.2) is 17.8 Å². The van der Waals surface area contributed by atoms with Gasteiger partial charge in [0, 0.05) is 5.56 Å². The summed E-state index contributed by atoms with van der Waals surface area (Å²) in [5.41, 5.74) is 0.583. The molecule has 1 heterocycles. The molecule has 5 rings (SSSR count). The minimum absolute atomic E-state index is 0.130. The second-order valence-electron chi connectivity index (χ2n) is 8.14. The van der Waals surface area contributed by atoms with Gasteiger partial charge in [0.2, 0.25) is 0 Å². The number of hydrogen-bond donors (Lipinski definition) is 1. The molecule has 0 atom stereocenters. The molecule has 184 valence electrons. The highest BCUT2D eigenvalue weighted by molar-refractivity contribution is 6.42. The molecular formula is C28H17Cl2FN2O4. The summed E-state index contributed by atoms with van der Waals surface area (Å²) in [6.07, 6.45) is 1.35. The van der Waals surface area contributed by atoms with Crippen molar-refractivity contribution in [3.63, 3.8) is 0 Å². The zero-order chi connectivity index (χ0) is 26.1. The Morgan fingerprint density at radius 2 is 1.65 bits per heavy atom. The number of ether oxygens (including phenoxy) is 1. The summed E-state index contributed by atoms with van der Waals surface area (Å²) in [6, 6.07) is 20.3. The van der Waals surface area contributed by atoms with Crippen LogP contribution in [0, 0.1) is 5.82 Å². The van der Waals surface area contributed by atoms with E-state index in [4.69, 9.17) is 27.9 Å². The van der Waals surface area contributed by atoms with E-state index in [0.29, 0.717) is 31.6 Å². The second-order valence-corrected chi connectivity index (χ2v) is 8.96. The lowest BCUT2D eigenvalue weighted by Crippen LogP contribution is -2.54. The number of hydrogen-bond acceptors (Lipinski definition) is 4. The Morgan fingerprint density at radius 1 is 0.892 bits per heavy atom. The average Bonchev–Trinajstić information content (AvgIpc) is 2.88. The van der Waals surface area contributed by atoms with Crippen LogP contribution in [-0.2, 0) is 16.2 Å². The number of amides is 4. The molecule has 0 spiro atoms. The summed E-state index contributed by atoms with van der Waals surface area (Å²) in [6.45, 7) is 0.130. The van der Waals surface area contributed by atoms with Crippen LogP contribution in [0.4, 0.5) is 14.9 Å². The molecule has 1 fully saturated rings. The van der Waals surface area contributed by atoms with Crippen molar-refractivity contribution in [1.29, 1.82) is 0 Å². The molecule has 4 aromatic carbocycles. The quantitative estimate of drug-likeness (QED) is 0.233. The van der Waals surface area contributed by atoms with Crippen molar-refractivity contribution in [3.8, 4) is 5.75 Å². The highest BCUT2D eigenvalue weighted by Crippen LogP contribution is 2.33. The SMILES string of the molecule is O=C1NC(=O)N(c2ccccc2F)C(=O)/C1=C\c1c(OCc2ccc(Cl)c(Cl)c2)ccc2ccccc12. The molecule has 0 saturated carbocycles. The normalized spacial score (nSPS) is 14.8. The number of nitrogens with zero attached hydrogens (tertiary/aromatic N) is 1. The molecule has 0 aliphatic carbocycles. The molecule has 0 unspecified atom stereocenters. The highest BCUT2D eigenvalue weighted by Gasteiger charge is 2.38. The van der Waals surface area contributed by atoms with Crippen molar-refractivity contribution in [1.82, 2.24) is 5.32 Å². The zero-order valence-corrected chi connectivity index (χ0v) is 20.5. The van der Waals surface area contributed by atoms with Crippen LogP contribution in [0.5, 0.6) is 5.75 Å². The van der Waals surface area contributed by atoms with Crippen LogP contribution in [0.3, 0.4) is 0 Å². The molecule has 1 aliphatic rings. The standard InChI is InChI=1S/C28H17Cl2FN2O4/c29-21-11-9-16(13-22(21)30)15-37-25-12-10-17-5-1-2-6-18(17)19(25)14-20-26(34)32-28(36)33(27(20)35)24-8-4-3-7-23(24)31/h1-14H,15H2,(H,32,34,36)/b20-14-. The first kappa shape index (κ1) is 24.5. The summed E-state index contributed by atoms with van der Waals surface area (Å²) in [7, 11) is 0. The Kier molecular flexibility index (Phi) is 6.65. The van der Waals surface area contributed by atoms with E-state index in [1.165, 1.54) is 24.3 Å². The number of carbonyl (C=O) groups is 3. The van der Waals surface area contributed by atoms with Gasteiger partial charge in [-0.05, 0) is 52.7 Å². The van der Waals surface area contributed by atoms with Gasteiger partial charge in [-0.3, -0.25) is 14.9 Å². The van der Waals surface area contributed by atoms with Crippen LogP contribution >= 0.6 is 23.2 Å². The van der Waals surface area contributed by atoms with E-state index in [1.807, 2.05) is 30.3 Å². The number of rotatable bonds is 5. The third kappa shape index (κ3) is 4.79. The number of barbiturate groups is 1. The molecule has 9 heteroatoms. The van der Waals surface area contributed by atoms with E-state index in [9.17, 15) is 18.8 Å². The number of anilines is 1. The fourth-order valence-corrected chi connectivity index (χ4v) is 4.32. The Balaban J connectivity index is 1.58. The highest BCUT2D eigenvalue weighted by atomic mass is 35.5. The van der Waals surface area contributed by atoms with Gasteiger partial charge in [-0.25, -0.2) is 14.1 Å². The third-order valence-corrected chi connectivity index (χ3v) is 6.53. The number of halogens is 3. The number of nitrogens with one attached hydrogen (secondary N) is 1. The maximum Gasteiger partial charge on any atom is 0.336 e. The average molecular weight is 535 g/mol. The van der Waals surface area contributed by atoms with E-state index < -0.39 is 23.7 Å². The van der Waals surface area contributed by atoms with Crippen molar-refractivity contribution < 1.29 is 23.5 Å². The minimum Gasteiger partial charge on any atom is -0.488 e. The first-order chi connectivity index (χ1) is 17.8. The molecule has 4 aromatic rings. The largest absolute Gasteiger partial charge is 0.488 e. The molecule has 37 heavy (non-hydrogen) atoms. The van der Waals surface area contributed by atoms with E-state index >= 15 is 0 Å². The Bertz CT molecular complexity index is 1620. The molecule has 0 aromatic heterocycles. The molecule has 6 nitrogen and oxygen atoms in total. The Morgan fingerprint density at radius 3 is 2.43 bits per heavy atom. The van der Waals surface area contributed by atoms with Gasteiger partial charge < -0.3 is 4.74 Å². The lowest BCUT2D eigenvalue weighted by molar-refractivity contribution is -0.122. The van der Waals surface area contributed by atoms with Crippen molar-refractivity contribution in [2.75, 3.05) is 4.90 Å². The molecular weight excluding hydrogens is 518 g/mol. The summed E-state index contributed by atoms with van der Waals surface area (Å²) in [5.74, 6) is -2.25. The molecule has 0 radical (unpaired) electrons. The fraction of sp³-hybridized carbons (Fsp3) is 0.0357. The number of imide groups is 2. The lowest BCUT2D eigenvalue weighted by atomic mass is 9.99. The predicted octanol–water partition coefficient (Wildman–Crippen LogP) is 6.53. The van der Waals surface area contributed by atoms with E-state index in [0.717, 1.165) is 17.0 Å². The molecule has 4 amide bonds. The number of para-hydroxylation sites is 1. The lowest BCUT2D eigenvalue weighted by Gasteiger charge is -2.26. The number of fused-ring (bicyclic) bond motifs is 1. The van der Waals surface area contributed by atoms with Crippen molar-refractivity contribution >= 4 is 63.6 Å². The van der Waals surface area contributed by atoms with E-state index in [1.54, 1.807) is 24.3 Å². The van der Waals surface area contributed by atoms with Crippen LogP contribution in [0.2, 0.25) is 10.0 Å². The zero-order valence-electron chi connectivity index (χ0n) is 19.0. The summed E-state index contributed by atoms with van der Waals surface area (Å²) in [5, 5.41) is 4.45. The van der Waals surface area contributed by atoms with E-state index in [-0.39, 0.29) is 17.9 Å². The van der Waals surface area contributed by atoms with Gasteiger partial charge in [0.1, 0.15) is 23.7 Å². The van der Waals surface area contributed by atoms with Gasteiger partial charge >= 0.3 is 6.03 Å². The van der Waals surface area contributed by atoms with Crippen LogP contribution < -0.4 is 15.0 Å². The number of urea groups is 1. The number of carbonyl (C=O) groups excluding carboxylic acids is 3. The summed E-state index contributed by atoms with van der Waals surface area (Å²) >= 11 is 12.1. The number of benzene rings is 4. The molecule has 1 saturated heterocycles. The Labute approximate surface area is 220 Å². The van der Waals surface area contributed by atoms with Crippen LogP contribution in [0.1, 0.15) is 11.1 Å². The summed E-state index contributed by atoms with van der Waals surface area (Å²) in [4.78, 5) is 39.2. The van der Waals surface area contributed by atoms with Gasteiger partial charge in [-0.2, -0.15) is 0 Å². The minimum atomic E-state index is -1.04. The van der Waals surface area contributed by atoms with Gasteiger partial charge in [0.05, 0.1) is 15.7 Å². The Hall–Kier alpha value is -4.20. The smallest absolute Gasteiger partial charge is 0.336 e. The molecule has 1 aliphatic heterocycles. The van der Waals surface area contributed by atoms with Crippen LogP contribution in [0.15, 0.2) is 84.4 Å².